The molecular weight excluding hydrogens is 510 g/mol. The van der Waals surface area contributed by atoms with E-state index in [-0.39, 0.29) is 39.3 Å². The molecule has 0 spiro atoms. The molecule has 2 N–H and O–H groups in total. The lowest BCUT2D eigenvalue weighted by Crippen LogP contribution is -2.39. The Morgan fingerprint density at radius 2 is 2.00 bits per heavy atom. The van der Waals surface area contributed by atoms with Crippen molar-refractivity contribution in [3.8, 4) is 16.9 Å². The van der Waals surface area contributed by atoms with Gasteiger partial charge >= 0.3 is 0 Å². The molecule has 1 fully saturated rings. The zero-order valence-corrected chi connectivity index (χ0v) is 20.0. The van der Waals surface area contributed by atoms with Crippen molar-refractivity contribution in [3.05, 3.63) is 80.6 Å². The predicted molar refractivity (Wildman–Crippen MR) is 129 cm³/mol. The monoisotopic (exact) mass is 526 g/mol. The quantitative estimate of drug-likeness (QED) is 0.417. The number of benzene rings is 1. The Morgan fingerprint density at radius 1 is 1.14 bits per heavy atom. The molecule has 1 unspecified atom stereocenters. The number of carbonyl (C=O) groups excluding carboxylic acids is 1. The molecule has 182 valence electrons. The molecule has 13 heteroatoms. The molecular formula is C23H17Cl2FN8O2. The molecule has 6 rings (SSSR count). The summed E-state index contributed by atoms with van der Waals surface area (Å²) in [6.07, 6.45) is 6.06. The van der Waals surface area contributed by atoms with Gasteiger partial charge in [-0.15, -0.1) is 5.10 Å². The number of rotatable bonds is 4. The first-order valence-corrected chi connectivity index (χ1v) is 11.9. The van der Waals surface area contributed by atoms with E-state index in [0.29, 0.717) is 47.6 Å². The lowest BCUT2D eigenvalue weighted by Gasteiger charge is -2.33. The maximum Gasteiger partial charge on any atom is 0.248 e. The molecule has 0 bridgehead atoms. The van der Waals surface area contributed by atoms with Crippen LogP contribution in [0.5, 0.6) is 0 Å². The van der Waals surface area contributed by atoms with Crippen molar-refractivity contribution >= 4 is 34.7 Å². The first-order chi connectivity index (χ1) is 17.4. The van der Waals surface area contributed by atoms with E-state index in [0.717, 1.165) is 0 Å². The summed E-state index contributed by atoms with van der Waals surface area (Å²) >= 11 is 12.5. The van der Waals surface area contributed by atoms with Gasteiger partial charge in [0.25, 0.3) is 0 Å². The van der Waals surface area contributed by atoms with Crippen molar-refractivity contribution in [3.63, 3.8) is 0 Å². The van der Waals surface area contributed by atoms with Crippen LogP contribution in [-0.2, 0) is 4.79 Å². The number of H-pyrrole nitrogens is 2. The lowest BCUT2D eigenvalue weighted by atomic mass is 9.92. The molecule has 1 saturated heterocycles. The van der Waals surface area contributed by atoms with E-state index < -0.39 is 5.82 Å². The Hall–Kier alpha value is -3.83. The number of halogens is 3. The van der Waals surface area contributed by atoms with Crippen LogP contribution in [0.15, 0.2) is 47.7 Å². The normalized spacial score (nSPS) is 19.5. The van der Waals surface area contributed by atoms with Crippen LogP contribution in [0.3, 0.4) is 0 Å². The van der Waals surface area contributed by atoms with Gasteiger partial charge in [0.15, 0.2) is 5.82 Å². The molecule has 36 heavy (non-hydrogen) atoms. The molecule has 5 heterocycles. The molecule has 0 saturated carbocycles. The van der Waals surface area contributed by atoms with Crippen LogP contribution in [0.2, 0.25) is 10.2 Å². The molecule has 2 aliphatic heterocycles. The molecule has 0 radical (unpaired) electrons. The van der Waals surface area contributed by atoms with Gasteiger partial charge in [-0.1, -0.05) is 23.2 Å². The van der Waals surface area contributed by atoms with Crippen molar-refractivity contribution < 1.29 is 9.18 Å². The summed E-state index contributed by atoms with van der Waals surface area (Å²) in [4.78, 5) is 37.1. The number of fused-ring (bicyclic) bond motifs is 1. The fraction of sp³-hybridized carbons (Fsp3) is 0.217. The molecule has 3 aromatic heterocycles. The largest absolute Gasteiger partial charge is 0.331 e. The number of nitrogens with one attached hydrogen (secondary N) is 2. The lowest BCUT2D eigenvalue weighted by molar-refractivity contribution is -0.129. The number of imidazole rings is 1. The summed E-state index contributed by atoms with van der Waals surface area (Å²) in [6, 6.07) is 5.65. The fourth-order valence-corrected chi connectivity index (χ4v) is 5.42. The third-order valence-electron chi connectivity index (χ3n) is 6.54. The van der Waals surface area contributed by atoms with Crippen LogP contribution in [0, 0.1) is 5.82 Å². The van der Waals surface area contributed by atoms with Gasteiger partial charge in [-0.05, 0) is 53.5 Å². The Kier molecular flexibility index (Phi) is 5.45. The minimum Gasteiger partial charge on any atom is -0.331 e. The van der Waals surface area contributed by atoms with Crippen molar-refractivity contribution in [1.29, 1.82) is 0 Å². The topological polar surface area (TPSA) is 125 Å². The Balaban J connectivity index is 1.35. The summed E-state index contributed by atoms with van der Waals surface area (Å²) in [7, 11) is 0. The highest BCUT2D eigenvalue weighted by Crippen LogP contribution is 2.44. The summed E-state index contributed by atoms with van der Waals surface area (Å²) in [5.41, 5.74) is 1.85. The number of amides is 1. The van der Waals surface area contributed by atoms with E-state index in [1.165, 1.54) is 35.4 Å². The summed E-state index contributed by atoms with van der Waals surface area (Å²) in [5, 5.41) is 11.3. The number of pyridine rings is 1. The number of nitrogens with zero attached hydrogens (tertiary/aromatic N) is 6. The maximum absolute atomic E-state index is 15.3. The van der Waals surface area contributed by atoms with Crippen LogP contribution in [0.25, 0.3) is 22.5 Å². The number of hydrogen-bond donors (Lipinski definition) is 2. The number of carbonyl (C=O) groups is 1. The van der Waals surface area contributed by atoms with Gasteiger partial charge in [-0.2, -0.15) is 4.68 Å². The zero-order chi connectivity index (χ0) is 25.0. The van der Waals surface area contributed by atoms with Gasteiger partial charge in [0.05, 0.1) is 16.8 Å². The summed E-state index contributed by atoms with van der Waals surface area (Å²) in [5.74, 6) is -0.366. The standard InChI is InChI=1S/C23H17Cl2FN8O2/c24-14-2-4-15(33-10-28-31-32-33)19(20(14)26)12-7-13-1-3-16(34(13)18(36)9-12)23-29-21(22(25)30-23)11-5-6-27-17(35)8-11/h2,4-6,8-10,13,16H,1,3,7H2,(H,27,35)(H,29,30)/t13?,16-/m0/s1. The first kappa shape index (κ1) is 22.6. The average Bonchev–Trinajstić information content (AvgIpc) is 3.60. The second-order valence-electron chi connectivity index (χ2n) is 8.60. The average molecular weight is 527 g/mol. The van der Waals surface area contributed by atoms with Crippen LogP contribution >= 0.6 is 23.2 Å². The van der Waals surface area contributed by atoms with Gasteiger partial charge in [0, 0.05) is 35.5 Å². The van der Waals surface area contributed by atoms with E-state index in [1.807, 2.05) is 0 Å². The highest BCUT2D eigenvalue weighted by Gasteiger charge is 2.42. The van der Waals surface area contributed by atoms with Gasteiger partial charge < -0.3 is 14.9 Å². The number of tetrazole rings is 1. The van der Waals surface area contributed by atoms with Crippen LogP contribution in [0.4, 0.5) is 4.39 Å². The molecule has 2 aliphatic rings. The molecule has 4 aromatic rings. The molecule has 1 amide bonds. The maximum atomic E-state index is 15.3. The van der Waals surface area contributed by atoms with Crippen molar-refractivity contribution in [2.75, 3.05) is 0 Å². The van der Waals surface area contributed by atoms with Gasteiger partial charge in [-0.25, -0.2) is 9.37 Å². The second kappa shape index (κ2) is 8.68. The van der Waals surface area contributed by atoms with Crippen LogP contribution in [-0.4, -0.2) is 52.0 Å². The molecule has 1 aromatic carbocycles. The van der Waals surface area contributed by atoms with Gasteiger partial charge in [0.1, 0.15) is 23.0 Å². The third-order valence-corrected chi connectivity index (χ3v) is 7.11. The summed E-state index contributed by atoms with van der Waals surface area (Å²) < 4.78 is 16.6. The smallest absolute Gasteiger partial charge is 0.248 e. The van der Waals surface area contributed by atoms with Crippen LogP contribution in [0.1, 0.15) is 36.7 Å². The molecule has 10 nitrogen and oxygen atoms in total. The van der Waals surface area contributed by atoms with E-state index >= 15 is 4.39 Å². The van der Waals surface area contributed by atoms with Crippen molar-refractivity contribution in [1.82, 2.24) is 40.1 Å². The molecule has 2 atom stereocenters. The van der Waals surface area contributed by atoms with E-state index in [2.05, 4.69) is 30.5 Å². The first-order valence-electron chi connectivity index (χ1n) is 11.1. The number of aromatic nitrogens is 7. The van der Waals surface area contributed by atoms with Crippen molar-refractivity contribution in [2.24, 2.45) is 0 Å². The Labute approximate surface area is 212 Å². The van der Waals surface area contributed by atoms with Crippen LogP contribution < -0.4 is 5.56 Å². The minimum absolute atomic E-state index is 0.0561. The highest BCUT2D eigenvalue weighted by atomic mass is 35.5. The fourth-order valence-electron chi connectivity index (χ4n) is 5.01. The predicted octanol–water partition coefficient (Wildman–Crippen LogP) is 3.71. The van der Waals surface area contributed by atoms with E-state index in [4.69, 9.17) is 23.2 Å². The third kappa shape index (κ3) is 3.71. The Morgan fingerprint density at radius 3 is 2.78 bits per heavy atom. The summed E-state index contributed by atoms with van der Waals surface area (Å²) in [6.45, 7) is 0. The second-order valence-corrected chi connectivity index (χ2v) is 9.39. The van der Waals surface area contributed by atoms with Crippen molar-refractivity contribution in [2.45, 2.75) is 31.3 Å². The van der Waals surface area contributed by atoms with E-state index in [1.54, 1.807) is 17.0 Å². The number of hydrogen-bond acceptors (Lipinski definition) is 6. The number of aromatic amines is 2. The van der Waals surface area contributed by atoms with Gasteiger partial charge in [0.2, 0.25) is 11.5 Å². The van der Waals surface area contributed by atoms with E-state index in [9.17, 15) is 9.59 Å². The zero-order valence-electron chi connectivity index (χ0n) is 18.5. The minimum atomic E-state index is -0.632. The molecule has 0 aliphatic carbocycles. The Bertz CT molecular complexity index is 1580. The highest BCUT2D eigenvalue weighted by molar-refractivity contribution is 6.32. The SMILES string of the molecule is O=C1C=C(c2c(-n3cnnn3)ccc(Cl)c2F)CC2CC[C@@H](c3nc(-c4cc[nH]c(=O)c4)c(Cl)[nH]3)N12. The van der Waals surface area contributed by atoms with Gasteiger partial charge in [-0.3, -0.25) is 9.59 Å².